The number of hydrogen-bond donors (Lipinski definition) is 3. The molecule has 0 saturated heterocycles. The second-order valence-electron chi connectivity index (χ2n) is 31.0. The maximum atomic E-state index is 13.1. The number of carbonyl (C=O) groups excluding carboxylic acids is 4. The Bertz CT molecular complexity index is 1980. The number of phosphoric acid groups is 2. The lowest BCUT2D eigenvalue weighted by molar-refractivity contribution is -0.161. The molecule has 0 bridgehead atoms. The highest BCUT2D eigenvalue weighted by Gasteiger charge is 2.30. The van der Waals surface area contributed by atoms with E-state index in [9.17, 15) is 43.2 Å². The Labute approximate surface area is 619 Å². The van der Waals surface area contributed by atoms with E-state index < -0.39 is 97.5 Å². The number of ether oxygens (including phenoxy) is 4. The van der Waals surface area contributed by atoms with Gasteiger partial charge in [-0.3, -0.25) is 37.3 Å². The van der Waals surface area contributed by atoms with Crippen LogP contribution in [0.15, 0.2) is 0 Å². The maximum absolute atomic E-state index is 13.1. The predicted molar refractivity (Wildman–Crippen MR) is 414 cm³/mol. The number of aliphatic hydroxyl groups is 1. The van der Waals surface area contributed by atoms with Gasteiger partial charge in [-0.2, -0.15) is 0 Å². The van der Waals surface area contributed by atoms with Gasteiger partial charge in [0.05, 0.1) is 26.4 Å². The van der Waals surface area contributed by atoms with Crippen LogP contribution >= 0.6 is 15.6 Å². The number of rotatable bonds is 79. The van der Waals surface area contributed by atoms with Crippen LogP contribution in [0.25, 0.3) is 0 Å². The first-order valence-corrected chi connectivity index (χ1v) is 45.3. The average Bonchev–Trinajstić information content (AvgIpc) is 0.930. The average molecular weight is 1480 g/mol. The fraction of sp³-hybridized carbons (Fsp3) is 0.951. The van der Waals surface area contributed by atoms with Crippen molar-refractivity contribution in [2.75, 3.05) is 39.6 Å². The van der Waals surface area contributed by atoms with Crippen molar-refractivity contribution < 1.29 is 80.2 Å². The van der Waals surface area contributed by atoms with Crippen molar-refractivity contribution in [2.24, 2.45) is 23.7 Å². The number of unbranched alkanes of at least 4 members (excludes halogenated alkanes) is 43. The third kappa shape index (κ3) is 73.4. The smallest absolute Gasteiger partial charge is 0.462 e. The largest absolute Gasteiger partial charge is 0.472 e. The Kier molecular flexibility index (Phi) is 69.6. The molecule has 0 saturated carbocycles. The molecule has 600 valence electrons. The van der Waals surface area contributed by atoms with Gasteiger partial charge in [0.1, 0.15) is 19.3 Å². The third-order valence-corrected chi connectivity index (χ3v) is 21.7. The fourth-order valence-corrected chi connectivity index (χ4v) is 14.1. The molecule has 19 heteroatoms. The zero-order valence-corrected chi connectivity index (χ0v) is 68.3. The predicted octanol–water partition coefficient (Wildman–Crippen LogP) is 24.4. The second-order valence-corrected chi connectivity index (χ2v) is 33.9. The van der Waals surface area contributed by atoms with E-state index in [-0.39, 0.29) is 25.7 Å². The van der Waals surface area contributed by atoms with E-state index >= 15 is 0 Å². The van der Waals surface area contributed by atoms with Gasteiger partial charge >= 0.3 is 39.5 Å². The summed E-state index contributed by atoms with van der Waals surface area (Å²) in [5, 5.41) is 10.6. The number of carbonyl (C=O) groups is 4. The van der Waals surface area contributed by atoms with Gasteiger partial charge in [0, 0.05) is 25.7 Å². The van der Waals surface area contributed by atoms with Gasteiger partial charge in [-0.25, -0.2) is 9.13 Å². The zero-order chi connectivity index (χ0) is 74.6. The highest BCUT2D eigenvalue weighted by Crippen LogP contribution is 2.45. The van der Waals surface area contributed by atoms with E-state index in [0.717, 1.165) is 114 Å². The summed E-state index contributed by atoms with van der Waals surface area (Å²) in [6, 6.07) is 0. The molecule has 0 radical (unpaired) electrons. The van der Waals surface area contributed by atoms with Gasteiger partial charge < -0.3 is 33.8 Å². The Hall–Kier alpha value is -1.94. The summed E-state index contributed by atoms with van der Waals surface area (Å²) in [6.45, 7) is 14.3. The second kappa shape index (κ2) is 71.0. The number of hydrogen-bond acceptors (Lipinski definition) is 15. The van der Waals surface area contributed by atoms with Gasteiger partial charge in [0.15, 0.2) is 12.2 Å². The Balaban J connectivity index is 5.24. The molecule has 0 amide bonds. The number of phosphoric ester groups is 2. The molecule has 0 aromatic carbocycles. The minimum Gasteiger partial charge on any atom is -0.462 e. The summed E-state index contributed by atoms with van der Waals surface area (Å²) in [7, 11) is -9.92. The molecule has 0 aromatic heterocycles. The minimum atomic E-state index is -4.96. The van der Waals surface area contributed by atoms with Crippen LogP contribution in [0.4, 0.5) is 0 Å². The van der Waals surface area contributed by atoms with Crippen molar-refractivity contribution in [3.05, 3.63) is 0 Å². The quantitative estimate of drug-likeness (QED) is 0.0222. The Morgan fingerprint density at radius 2 is 0.475 bits per heavy atom. The van der Waals surface area contributed by atoms with Gasteiger partial charge in [-0.1, -0.05) is 370 Å². The summed E-state index contributed by atoms with van der Waals surface area (Å²) in [5.41, 5.74) is 0. The van der Waals surface area contributed by atoms with E-state index in [1.807, 2.05) is 0 Å². The van der Waals surface area contributed by atoms with Crippen LogP contribution in [-0.2, 0) is 65.4 Å². The topological polar surface area (TPSA) is 237 Å². The summed E-state index contributed by atoms with van der Waals surface area (Å²) in [6.07, 6.45) is 58.2. The number of aliphatic hydroxyl groups excluding tert-OH is 1. The van der Waals surface area contributed by atoms with Crippen LogP contribution in [0.5, 0.6) is 0 Å². The molecule has 7 atom stereocenters. The van der Waals surface area contributed by atoms with E-state index in [4.69, 9.17) is 37.0 Å². The van der Waals surface area contributed by atoms with Crippen molar-refractivity contribution >= 4 is 39.5 Å². The van der Waals surface area contributed by atoms with Crippen molar-refractivity contribution in [3.63, 3.8) is 0 Å². The monoisotopic (exact) mass is 1480 g/mol. The molecule has 3 N–H and O–H groups in total. The van der Waals surface area contributed by atoms with Crippen molar-refractivity contribution in [2.45, 2.75) is 440 Å². The first-order chi connectivity index (χ1) is 48.7. The lowest BCUT2D eigenvalue weighted by Crippen LogP contribution is -2.30. The summed E-state index contributed by atoms with van der Waals surface area (Å²) >= 11 is 0. The zero-order valence-electron chi connectivity index (χ0n) is 66.5. The van der Waals surface area contributed by atoms with Crippen molar-refractivity contribution in [3.8, 4) is 0 Å². The SMILES string of the molecule is CCC(C)CCCCCCCCCCCCCCCCC(=O)OC[C@H](COP(=O)(O)OCC(O)COP(=O)(O)OC[C@@H](COC(=O)CCCCCCCCCC(C)C)OC(=O)CCCCCCCCCCCCCCCCC(C)CC)OC(=O)CCCCCCCCCCCCCCC(C)C. The molecule has 0 aliphatic carbocycles. The Morgan fingerprint density at radius 3 is 0.703 bits per heavy atom. The summed E-state index contributed by atoms with van der Waals surface area (Å²) in [5.74, 6) is 1.06. The molecule has 101 heavy (non-hydrogen) atoms. The normalized spacial score (nSPS) is 14.5. The first kappa shape index (κ1) is 99.1. The van der Waals surface area contributed by atoms with Crippen molar-refractivity contribution in [1.29, 1.82) is 0 Å². The molecule has 17 nitrogen and oxygen atoms in total. The van der Waals surface area contributed by atoms with Crippen LogP contribution in [0.1, 0.15) is 421 Å². The van der Waals surface area contributed by atoms with E-state index in [0.29, 0.717) is 31.6 Å². The molecule has 0 aromatic rings. The molecule has 0 aliphatic heterocycles. The Morgan fingerprint density at radius 1 is 0.277 bits per heavy atom. The molecule has 0 aliphatic rings. The molecular weight excluding hydrogens is 1320 g/mol. The molecule has 0 fully saturated rings. The molecule has 0 spiro atoms. The first-order valence-electron chi connectivity index (χ1n) is 42.3. The standard InChI is InChI=1S/C82H160O17P2/c1-9-74(7)60-52-44-36-28-22-15-11-13-17-24-30-38-46-54-62-79(84)92-68-77(98-82(87)65-57-49-40-32-26-20-19-21-27-34-42-50-58-72(3)4)70-96-100(88,89)94-66-76(83)67-95-101(90,91)97-71-78(69-93-80(85)63-55-47-41-33-35-43-51-59-73(5)6)99-81(86)64-56-48-39-31-25-18-14-12-16-23-29-37-45-53-61-75(8)10-2/h72-78,83H,9-71H2,1-8H3,(H,88,89)(H,90,91)/t74?,75?,76?,77-,78-/m1/s1. The van der Waals surface area contributed by atoms with E-state index in [1.165, 1.54) is 218 Å². The highest BCUT2D eigenvalue weighted by molar-refractivity contribution is 7.47. The van der Waals surface area contributed by atoms with Gasteiger partial charge in [-0.15, -0.1) is 0 Å². The molecular formula is C82H160O17P2. The lowest BCUT2D eigenvalue weighted by Gasteiger charge is -2.21. The van der Waals surface area contributed by atoms with Gasteiger partial charge in [0.2, 0.25) is 0 Å². The minimum absolute atomic E-state index is 0.107. The fourth-order valence-electron chi connectivity index (χ4n) is 12.5. The molecule has 5 unspecified atom stereocenters. The van der Waals surface area contributed by atoms with Crippen LogP contribution in [0.2, 0.25) is 0 Å². The summed E-state index contributed by atoms with van der Waals surface area (Å²) in [4.78, 5) is 73.1. The maximum Gasteiger partial charge on any atom is 0.472 e. The van der Waals surface area contributed by atoms with Crippen LogP contribution in [0, 0.1) is 23.7 Å². The summed E-state index contributed by atoms with van der Waals surface area (Å²) < 4.78 is 68.8. The van der Waals surface area contributed by atoms with Gasteiger partial charge in [0.25, 0.3) is 0 Å². The highest BCUT2D eigenvalue weighted by atomic mass is 31.2. The third-order valence-electron chi connectivity index (χ3n) is 19.8. The van der Waals surface area contributed by atoms with Crippen LogP contribution in [0.3, 0.4) is 0 Å². The lowest BCUT2D eigenvalue weighted by atomic mass is 9.99. The van der Waals surface area contributed by atoms with E-state index in [2.05, 4.69) is 55.4 Å². The number of esters is 4. The van der Waals surface area contributed by atoms with Crippen LogP contribution < -0.4 is 0 Å². The molecule has 0 rings (SSSR count). The van der Waals surface area contributed by atoms with Gasteiger partial charge in [-0.05, 0) is 49.4 Å². The molecule has 0 heterocycles. The van der Waals surface area contributed by atoms with Crippen molar-refractivity contribution in [1.82, 2.24) is 0 Å². The van der Waals surface area contributed by atoms with E-state index in [1.54, 1.807) is 0 Å². The van der Waals surface area contributed by atoms with Crippen LogP contribution in [-0.4, -0.2) is 96.7 Å².